The highest BCUT2D eigenvalue weighted by atomic mass is 35.5. The fourth-order valence-corrected chi connectivity index (χ4v) is 6.82. The van der Waals surface area contributed by atoms with Crippen LogP contribution in [0.3, 0.4) is 0 Å². The lowest BCUT2D eigenvalue weighted by molar-refractivity contribution is -0.146. The van der Waals surface area contributed by atoms with Crippen molar-refractivity contribution in [1.82, 2.24) is 19.7 Å². The number of carbonyl (C=O) groups excluding carboxylic acids is 3. The number of nitrogens with zero attached hydrogens (tertiary/aromatic N) is 3. The maximum atomic E-state index is 13.8. The molecule has 1 aromatic heterocycles. The molecule has 2 aliphatic rings. The molecule has 2 aromatic carbocycles. The van der Waals surface area contributed by atoms with E-state index >= 15 is 0 Å². The molecule has 2 amide bonds. The number of ether oxygens (including phenoxy) is 3. The summed E-state index contributed by atoms with van der Waals surface area (Å²) in [5, 5.41) is 3.80. The monoisotopic (exact) mass is 760 g/mol. The van der Waals surface area contributed by atoms with E-state index in [0.717, 1.165) is 24.2 Å². The average Bonchev–Trinajstić information content (AvgIpc) is 3.12. The summed E-state index contributed by atoms with van der Waals surface area (Å²) in [5.41, 5.74) is 1.87. The van der Waals surface area contributed by atoms with Crippen LogP contribution < -0.4 is 15.5 Å². The number of halogens is 1. The molecule has 1 fully saturated rings. The average molecular weight is 761 g/mol. The van der Waals surface area contributed by atoms with E-state index in [1.807, 2.05) is 16.7 Å². The molecule has 2 N–H and O–H groups in total. The first-order valence-corrected chi connectivity index (χ1v) is 19.4. The smallest absolute Gasteiger partial charge is 0.305 e. The Morgan fingerprint density at radius 3 is 2.46 bits per heavy atom. The van der Waals surface area contributed by atoms with Crippen molar-refractivity contribution in [3.05, 3.63) is 74.5 Å². The van der Waals surface area contributed by atoms with Gasteiger partial charge in [0.15, 0.2) is 6.10 Å². The Kier molecular flexibility index (Phi) is 13.7. The number of carbonyl (C=O) groups is 3. The lowest BCUT2D eigenvalue weighted by Crippen LogP contribution is -2.37. The van der Waals surface area contributed by atoms with E-state index in [1.54, 1.807) is 30.5 Å². The van der Waals surface area contributed by atoms with Crippen LogP contribution in [0.2, 0.25) is 5.02 Å². The van der Waals surface area contributed by atoms with Crippen LogP contribution in [-0.4, -0.2) is 103 Å². The fraction of sp³-hybridized carbons (Fsp3) is 0.500. The largest absolute Gasteiger partial charge is 0.483 e. The lowest BCUT2D eigenvalue weighted by Gasteiger charge is -2.30. The Labute approximate surface area is 307 Å². The molecular weight excluding hydrogens is 716 g/mol. The van der Waals surface area contributed by atoms with Crippen LogP contribution in [-0.2, 0) is 48.8 Å². The first-order chi connectivity index (χ1) is 24.9. The highest BCUT2D eigenvalue weighted by Crippen LogP contribution is 2.32. The molecule has 3 heterocycles. The van der Waals surface area contributed by atoms with Crippen molar-refractivity contribution in [3.63, 3.8) is 0 Å². The Morgan fingerprint density at radius 2 is 1.75 bits per heavy atom. The number of esters is 1. The zero-order valence-corrected chi connectivity index (χ0v) is 30.8. The number of hydrogen-bond donors (Lipinski definition) is 2. The van der Waals surface area contributed by atoms with Crippen LogP contribution in [0.1, 0.15) is 60.0 Å². The number of rotatable bonds is 17. The lowest BCUT2D eigenvalue weighted by atomic mass is 10.0. The van der Waals surface area contributed by atoms with Gasteiger partial charge in [-0.25, -0.2) is 0 Å². The SMILES string of the molecule is CN(CCS(=O)(=O)O)C(=O)CCCCCCC(=O)OCC1Cn2cc(C(=O)NCc3ccc(Cl)cc3)c(=O)c3cc(CN4CCOCC4)cc(c32)O1. The van der Waals surface area contributed by atoms with E-state index in [2.05, 4.69) is 10.2 Å². The van der Waals surface area contributed by atoms with Gasteiger partial charge in [0.05, 0.1) is 36.4 Å². The van der Waals surface area contributed by atoms with Gasteiger partial charge in [-0.3, -0.25) is 28.6 Å². The normalized spacial score (nSPS) is 15.9. The van der Waals surface area contributed by atoms with Crippen LogP contribution >= 0.6 is 11.6 Å². The minimum absolute atomic E-state index is 0.0000280. The highest BCUT2D eigenvalue weighted by Gasteiger charge is 2.27. The maximum Gasteiger partial charge on any atom is 0.305 e. The van der Waals surface area contributed by atoms with E-state index in [9.17, 15) is 27.6 Å². The molecule has 0 bridgehead atoms. The Balaban J connectivity index is 1.19. The van der Waals surface area contributed by atoms with Crippen molar-refractivity contribution < 1.29 is 41.6 Å². The number of benzene rings is 2. The van der Waals surface area contributed by atoms with Crippen molar-refractivity contribution in [1.29, 1.82) is 0 Å². The molecule has 16 heteroatoms. The molecule has 2 aliphatic heterocycles. The Hall–Kier alpha value is -4.02. The predicted molar refractivity (Wildman–Crippen MR) is 194 cm³/mol. The minimum Gasteiger partial charge on any atom is -0.483 e. The standard InChI is InChI=1S/C36H45ClN4O10S/c1-39(14-17-52(46,47)48)32(42)6-4-2-3-5-7-33(43)50-24-28-22-41-23-30(36(45)38-20-25-8-10-27(37)11-9-25)35(44)29-18-26(19-31(51-28)34(29)41)21-40-12-15-49-16-13-40/h8-11,18-19,23,28H,2-7,12-17,20-22,24H2,1H3,(H,38,45)(H,46,47,48). The predicted octanol–water partition coefficient (Wildman–Crippen LogP) is 3.41. The third-order valence-corrected chi connectivity index (χ3v) is 10.0. The quantitative estimate of drug-likeness (QED) is 0.117. The molecule has 52 heavy (non-hydrogen) atoms. The minimum atomic E-state index is -4.13. The van der Waals surface area contributed by atoms with Crippen molar-refractivity contribution >= 4 is 50.4 Å². The summed E-state index contributed by atoms with van der Waals surface area (Å²) < 4.78 is 49.9. The summed E-state index contributed by atoms with van der Waals surface area (Å²) >= 11 is 5.99. The highest BCUT2D eigenvalue weighted by molar-refractivity contribution is 7.85. The number of amides is 2. The number of nitrogens with one attached hydrogen (secondary N) is 1. The molecule has 1 saturated heterocycles. The number of aromatic nitrogens is 1. The van der Waals surface area contributed by atoms with E-state index in [1.165, 1.54) is 11.9 Å². The van der Waals surface area contributed by atoms with E-state index < -0.39 is 33.3 Å². The first kappa shape index (κ1) is 39.2. The molecule has 5 rings (SSSR count). The molecule has 0 radical (unpaired) electrons. The molecule has 0 saturated carbocycles. The second-order valence-corrected chi connectivity index (χ2v) is 15.2. The van der Waals surface area contributed by atoms with Gasteiger partial charge in [0.1, 0.15) is 17.9 Å². The van der Waals surface area contributed by atoms with Crippen molar-refractivity contribution in [2.24, 2.45) is 0 Å². The van der Waals surface area contributed by atoms with Crippen LogP contribution in [0.5, 0.6) is 5.75 Å². The summed E-state index contributed by atoms with van der Waals surface area (Å²) in [4.78, 5) is 55.5. The zero-order chi connectivity index (χ0) is 37.3. The molecular formula is C36H45ClN4O10S. The topological polar surface area (TPSA) is 174 Å². The van der Waals surface area contributed by atoms with Gasteiger partial charge in [0.25, 0.3) is 16.0 Å². The third kappa shape index (κ3) is 11.2. The number of hydrogen-bond acceptors (Lipinski definition) is 10. The molecule has 0 aliphatic carbocycles. The van der Waals surface area contributed by atoms with Crippen molar-refractivity contribution in [3.8, 4) is 5.75 Å². The van der Waals surface area contributed by atoms with Crippen molar-refractivity contribution in [2.45, 2.75) is 64.3 Å². The van der Waals surface area contributed by atoms with E-state index in [0.29, 0.717) is 67.1 Å². The molecule has 0 spiro atoms. The van der Waals surface area contributed by atoms with Crippen LogP contribution in [0.25, 0.3) is 10.9 Å². The summed E-state index contributed by atoms with van der Waals surface area (Å²) in [6.45, 7) is 3.67. The van der Waals surface area contributed by atoms with Crippen LogP contribution in [0.15, 0.2) is 47.4 Å². The first-order valence-electron chi connectivity index (χ1n) is 17.4. The zero-order valence-electron chi connectivity index (χ0n) is 29.2. The van der Waals surface area contributed by atoms with Crippen LogP contribution in [0, 0.1) is 0 Å². The second kappa shape index (κ2) is 18.1. The molecule has 1 unspecified atom stereocenters. The van der Waals surface area contributed by atoms with Gasteiger partial charge in [-0.2, -0.15) is 8.42 Å². The number of unbranched alkanes of at least 4 members (excludes halogenated alkanes) is 3. The Bertz CT molecular complexity index is 1910. The molecule has 282 valence electrons. The summed E-state index contributed by atoms with van der Waals surface area (Å²) in [6, 6.07) is 10.8. The van der Waals surface area contributed by atoms with Gasteiger partial charge < -0.3 is 29.0 Å². The summed E-state index contributed by atoms with van der Waals surface area (Å²) in [5.74, 6) is -1.13. The van der Waals surface area contributed by atoms with Gasteiger partial charge in [0, 0.05) is 63.8 Å². The molecule has 14 nitrogen and oxygen atoms in total. The molecule has 3 aromatic rings. The second-order valence-electron chi connectivity index (χ2n) is 13.2. The van der Waals surface area contributed by atoms with Crippen LogP contribution in [0.4, 0.5) is 0 Å². The van der Waals surface area contributed by atoms with E-state index in [-0.39, 0.29) is 56.5 Å². The summed E-state index contributed by atoms with van der Waals surface area (Å²) in [7, 11) is -2.64. The summed E-state index contributed by atoms with van der Waals surface area (Å²) in [6.07, 6.45) is 3.98. The van der Waals surface area contributed by atoms with E-state index in [4.69, 9.17) is 30.4 Å². The van der Waals surface area contributed by atoms with Gasteiger partial charge in [-0.15, -0.1) is 0 Å². The van der Waals surface area contributed by atoms with Gasteiger partial charge in [-0.1, -0.05) is 36.6 Å². The molecule has 1 atom stereocenters. The third-order valence-electron chi connectivity index (χ3n) is 9.07. The number of pyridine rings is 1. The maximum absolute atomic E-state index is 13.8. The Morgan fingerprint density at radius 1 is 1.04 bits per heavy atom. The van der Waals surface area contributed by atoms with Gasteiger partial charge >= 0.3 is 5.97 Å². The number of morpholine rings is 1. The van der Waals surface area contributed by atoms with Gasteiger partial charge in [0.2, 0.25) is 11.3 Å². The van der Waals surface area contributed by atoms with Gasteiger partial charge in [-0.05, 0) is 48.2 Å². The fourth-order valence-electron chi connectivity index (χ4n) is 6.19. The van der Waals surface area contributed by atoms with Crippen molar-refractivity contribution in [2.75, 3.05) is 52.3 Å².